The van der Waals surface area contributed by atoms with E-state index in [9.17, 15) is 0 Å². The molecule has 4 nitrogen and oxygen atoms in total. The average molecular weight is 186 g/mol. The molecule has 0 radical (unpaired) electrons. The number of aromatic amines is 1. The van der Waals surface area contributed by atoms with Crippen molar-refractivity contribution in [1.82, 2.24) is 15.5 Å². The number of aromatic nitrogens is 2. The number of nitrogens with one attached hydrogen (secondary N) is 2. The second-order valence-corrected chi connectivity index (χ2v) is 3.29. The lowest BCUT2D eigenvalue weighted by atomic mass is 10.1. The zero-order valence-electron chi connectivity index (χ0n) is 7.62. The third kappa shape index (κ3) is 1.00. The van der Waals surface area contributed by atoms with Crippen molar-refractivity contribution in [3.8, 4) is 0 Å². The van der Waals surface area contributed by atoms with Crippen LogP contribution in [-0.2, 0) is 0 Å². The Labute approximate surface area is 81.0 Å². The number of amidine groups is 1. The molecule has 2 aromatic rings. The molecule has 2 heterocycles. The lowest BCUT2D eigenvalue weighted by Crippen LogP contribution is -2.19. The van der Waals surface area contributed by atoms with E-state index >= 15 is 0 Å². The summed E-state index contributed by atoms with van der Waals surface area (Å²) in [6.45, 7) is 1.80. The van der Waals surface area contributed by atoms with Gasteiger partial charge in [-0.1, -0.05) is 12.1 Å². The number of benzene rings is 1. The van der Waals surface area contributed by atoms with E-state index in [4.69, 9.17) is 0 Å². The van der Waals surface area contributed by atoms with Crippen LogP contribution in [0.3, 0.4) is 0 Å². The minimum Gasteiger partial charge on any atom is -0.368 e. The largest absolute Gasteiger partial charge is 0.368 e. The normalized spacial score (nSPS) is 15.6. The van der Waals surface area contributed by atoms with Crippen molar-refractivity contribution in [3.05, 3.63) is 30.0 Å². The molecule has 0 bridgehead atoms. The molecule has 1 aliphatic heterocycles. The van der Waals surface area contributed by atoms with Gasteiger partial charge in [0.05, 0.1) is 18.3 Å². The summed E-state index contributed by atoms with van der Waals surface area (Å²) >= 11 is 0. The van der Waals surface area contributed by atoms with Gasteiger partial charge in [-0.05, 0) is 6.07 Å². The highest BCUT2D eigenvalue weighted by atomic mass is 15.1. The van der Waals surface area contributed by atoms with Gasteiger partial charge in [0.25, 0.3) is 0 Å². The highest BCUT2D eigenvalue weighted by molar-refractivity contribution is 6.09. The van der Waals surface area contributed by atoms with Crippen molar-refractivity contribution in [3.63, 3.8) is 0 Å². The smallest absolute Gasteiger partial charge is 0.129 e. The number of hydrogen-bond acceptors (Lipinski definition) is 3. The Hall–Kier alpha value is -1.84. The number of aliphatic imine (C=N–C) groups is 1. The maximum atomic E-state index is 4.40. The van der Waals surface area contributed by atoms with E-state index in [0.29, 0.717) is 0 Å². The first-order valence-corrected chi connectivity index (χ1v) is 4.66. The van der Waals surface area contributed by atoms with E-state index in [0.717, 1.165) is 35.4 Å². The molecule has 0 amide bonds. The number of nitrogens with zero attached hydrogens (tertiary/aromatic N) is 2. The van der Waals surface area contributed by atoms with Gasteiger partial charge < -0.3 is 5.32 Å². The van der Waals surface area contributed by atoms with Crippen molar-refractivity contribution in [1.29, 1.82) is 0 Å². The van der Waals surface area contributed by atoms with Crippen LogP contribution in [0.15, 0.2) is 29.4 Å². The van der Waals surface area contributed by atoms with Gasteiger partial charge in [0.15, 0.2) is 0 Å². The van der Waals surface area contributed by atoms with Crippen LogP contribution in [-0.4, -0.2) is 29.1 Å². The molecular formula is C10H10N4. The monoisotopic (exact) mass is 186 g/mol. The van der Waals surface area contributed by atoms with Gasteiger partial charge in [0.2, 0.25) is 0 Å². The Morgan fingerprint density at radius 3 is 3.14 bits per heavy atom. The van der Waals surface area contributed by atoms with E-state index in [1.807, 2.05) is 18.3 Å². The second-order valence-electron chi connectivity index (χ2n) is 3.29. The molecule has 14 heavy (non-hydrogen) atoms. The molecule has 0 atom stereocenters. The van der Waals surface area contributed by atoms with Gasteiger partial charge in [-0.25, -0.2) is 0 Å². The van der Waals surface area contributed by atoms with Crippen LogP contribution < -0.4 is 5.32 Å². The first kappa shape index (κ1) is 7.55. The number of fused-ring (bicyclic) bond motifs is 1. The van der Waals surface area contributed by atoms with Crippen LogP contribution in [0, 0.1) is 0 Å². The molecule has 1 aliphatic rings. The Balaban J connectivity index is 2.24. The number of rotatable bonds is 1. The Kier molecular flexibility index (Phi) is 1.53. The van der Waals surface area contributed by atoms with Crippen LogP contribution >= 0.6 is 0 Å². The molecule has 70 valence electrons. The Bertz CT molecular complexity index is 498. The van der Waals surface area contributed by atoms with Crippen LogP contribution in [0.2, 0.25) is 0 Å². The first-order chi connectivity index (χ1) is 6.95. The summed E-state index contributed by atoms with van der Waals surface area (Å²) in [4.78, 5) is 4.40. The first-order valence-electron chi connectivity index (χ1n) is 4.66. The summed E-state index contributed by atoms with van der Waals surface area (Å²) in [5.41, 5.74) is 2.19. The topological polar surface area (TPSA) is 53.1 Å². The fraction of sp³-hybridized carbons (Fsp3) is 0.200. The summed E-state index contributed by atoms with van der Waals surface area (Å²) in [6, 6.07) is 6.09. The molecule has 2 N–H and O–H groups in total. The lowest BCUT2D eigenvalue weighted by molar-refractivity contribution is 0.960. The van der Waals surface area contributed by atoms with Crippen LogP contribution in [0.1, 0.15) is 5.56 Å². The van der Waals surface area contributed by atoms with Crippen LogP contribution in [0.4, 0.5) is 0 Å². The molecule has 0 saturated carbocycles. The predicted molar refractivity (Wildman–Crippen MR) is 55.5 cm³/mol. The van der Waals surface area contributed by atoms with E-state index in [-0.39, 0.29) is 0 Å². The van der Waals surface area contributed by atoms with Gasteiger partial charge in [-0.2, -0.15) is 5.10 Å². The van der Waals surface area contributed by atoms with Gasteiger partial charge in [0.1, 0.15) is 5.84 Å². The maximum Gasteiger partial charge on any atom is 0.129 e. The van der Waals surface area contributed by atoms with E-state index < -0.39 is 0 Å². The van der Waals surface area contributed by atoms with Crippen molar-refractivity contribution >= 4 is 16.7 Å². The van der Waals surface area contributed by atoms with E-state index in [1.54, 1.807) is 0 Å². The van der Waals surface area contributed by atoms with E-state index in [1.165, 1.54) is 0 Å². The molecular weight excluding hydrogens is 176 g/mol. The summed E-state index contributed by atoms with van der Waals surface area (Å²) in [5, 5.41) is 11.4. The minimum absolute atomic E-state index is 0.865. The minimum atomic E-state index is 0.865. The van der Waals surface area contributed by atoms with Crippen molar-refractivity contribution in [2.24, 2.45) is 4.99 Å². The molecule has 3 rings (SSSR count). The fourth-order valence-electron chi connectivity index (χ4n) is 1.75. The van der Waals surface area contributed by atoms with Crippen LogP contribution in [0.25, 0.3) is 10.9 Å². The number of hydrogen-bond donors (Lipinski definition) is 2. The fourth-order valence-corrected chi connectivity index (χ4v) is 1.75. The zero-order valence-corrected chi connectivity index (χ0v) is 7.62. The summed E-state index contributed by atoms with van der Waals surface area (Å²) in [5.74, 6) is 0.983. The third-order valence-electron chi connectivity index (χ3n) is 2.41. The molecule has 0 saturated heterocycles. The standard InChI is InChI=1S/C10H10N4/c1-2-7(10-11-4-5-12-10)8-6-13-14-9(8)3-1/h1-3,6H,4-5H2,(H,11,12)(H,13,14). The van der Waals surface area contributed by atoms with Gasteiger partial charge in [-0.15, -0.1) is 0 Å². The van der Waals surface area contributed by atoms with Gasteiger partial charge >= 0.3 is 0 Å². The zero-order chi connectivity index (χ0) is 9.38. The SMILES string of the molecule is c1cc(C2=NCCN2)c2cn[nH]c2c1. The Morgan fingerprint density at radius 1 is 1.29 bits per heavy atom. The highest BCUT2D eigenvalue weighted by Gasteiger charge is 2.11. The molecule has 0 aliphatic carbocycles. The summed E-state index contributed by atoms with van der Waals surface area (Å²) in [6.07, 6.45) is 1.84. The molecule has 1 aromatic carbocycles. The molecule has 1 aromatic heterocycles. The highest BCUT2D eigenvalue weighted by Crippen LogP contribution is 2.16. The molecule has 4 heteroatoms. The van der Waals surface area contributed by atoms with Crippen molar-refractivity contribution in [2.45, 2.75) is 0 Å². The van der Waals surface area contributed by atoms with Crippen molar-refractivity contribution < 1.29 is 0 Å². The quantitative estimate of drug-likeness (QED) is 0.695. The van der Waals surface area contributed by atoms with E-state index in [2.05, 4.69) is 26.6 Å². The number of H-pyrrole nitrogens is 1. The average Bonchev–Trinajstić information content (AvgIpc) is 2.88. The van der Waals surface area contributed by atoms with Crippen LogP contribution in [0.5, 0.6) is 0 Å². The molecule has 0 fully saturated rings. The predicted octanol–water partition coefficient (Wildman–Crippen LogP) is 0.913. The molecule has 0 unspecified atom stereocenters. The van der Waals surface area contributed by atoms with Gasteiger partial charge in [0, 0.05) is 17.5 Å². The third-order valence-corrected chi connectivity index (χ3v) is 2.41. The second kappa shape index (κ2) is 2.83. The Morgan fingerprint density at radius 2 is 2.29 bits per heavy atom. The van der Waals surface area contributed by atoms with Gasteiger partial charge in [-0.3, -0.25) is 10.1 Å². The summed E-state index contributed by atoms with van der Waals surface area (Å²) in [7, 11) is 0. The van der Waals surface area contributed by atoms with Crippen molar-refractivity contribution in [2.75, 3.05) is 13.1 Å². The molecule has 0 spiro atoms. The lowest BCUT2D eigenvalue weighted by Gasteiger charge is -2.02. The summed E-state index contributed by atoms with van der Waals surface area (Å²) < 4.78 is 0. The maximum absolute atomic E-state index is 4.40.